The van der Waals surface area contributed by atoms with E-state index in [1.165, 1.54) is 0 Å². The molecule has 1 aromatic carbocycles. The van der Waals surface area contributed by atoms with E-state index in [0.29, 0.717) is 11.6 Å². The summed E-state index contributed by atoms with van der Waals surface area (Å²) in [4.78, 5) is 17.1. The van der Waals surface area contributed by atoms with Gasteiger partial charge < -0.3 is 4.40 Å². The lowest BCUT2D eigenvalue weighted by Gasteiger charge is -2.14. The second kappa shape index (κ2) is 8.18. The maximum Gasteiger partial charge on any atom is 0.326 e. The Hall–Kier alpha value is -4.40. The van der Waals surface area contributed by atoms with Crippen molar-refractivity contribution in [2.24, 2.45) is 0 Å². The van der Waals surface area contributed by atoms with Gasteiger partial charge in [0.1, 0.15) is 11.5 Å². The highest BCUT2D eigenvalue weighted by Gasteiger charge is 2.21. The first-order chi connectivity index (χ1) is 16.3. The van der Waals surface area contributed by atoms with Gasteiger partial charge in [0.05, 0.1) is 17.1 Å². The van der Waals surface area contributed by atoms with E-state index in [2.05, 4.69) is 46.6 Å². The SMILES string of the molecule is Cc1ccc(-n2nc(C(C)(C)C)cc2NC(=O)Nc2cc(-c3ccc4nccn4c3)[nH]n2)cc1. The Morgan fingerprint density at radius 2 is 1.82 bits per heavy atom. The number of aromatic amines is 1. The molecule has 0 aliphatic heterocycles. The fourth-order valence-corrected chi connectivity index (χ4v) is 3.60. The smallest absolute Gasteiger partial charge is 0.306 e. The zero-order valence-electron chi connectivity index (χ0n) is 19.5. The van der Waals surface area contributed by atoms with E-state index in [0.717, 1.165) is 33.8 Å². The summed E-state index contributed by atoms with van der Waals surface area (Å²) in [5, 5.41) is 17.7. The molecule has 5 rings (SSSR count). The number of hydrogen-bond donors (Lipinski definition) is 3. The molecule has 9 heteroatoms. The zero-order chi connectivity index (χ0) is 23.9. The number of nitrogens with zero attached hydrogens (tertiary/aromatic N) is 5. The Morgan fingerprint density at radius 1 is 1.03 bits per heavy atom. The number of aryl methyl sites for hydroxylation is 1. The van der Waals surface area contributed by atoms with Gasteiger partial charge in [-0.2, -0.15) is 10.2 Å². The van der Waals surface area contributed by atoms with Gasteiger partial charge in [-0.15, -0.1) is 0 Å². The number of rotatable bonds is 4. The van der Waals surface area contributed by atoms with E-state index in [-0.39, 0.29) is 5.41 Å². The number of carbonyl (C=O) groups excluding carboxylic acids is 1. The average Bonchev–Trinajstić information content (AvgIpc) is 3.53. The number of H-pyrrole nitrogens is 1. The van der Waals surface area contributed by atoms with Crippen molar-refractivity contribution in [2.75, 3.05) is 10.6 Å². The molecule has 0 unspecified atom stereocenters. The van der Waals surface area contributed by atoms with E-state index in [1.54, 1.807) is 16.9 Å². The predicted molar refractivity (Wildman–Crippen MR) is 132 cm³/mol. The van der Waals surface area contributed by atoms with E-state index in [1.807, 2.05) is 66.2 Å². The molecule has 0 spiro atoms. The van der Waals surface area contributed by atoms with Crippen molar-refractivity contribution in [3.8, 4) is 16.9 Å². The van der Waals surface area contributed by atoms with Gasteiger partial charge in [-0.25, -0.2) is 14.5 Å². The van der Waals surface area contributed by atoms with Crippen LogP contribution < -0.4 is 10.6 Å². The average molecular weight is 455 g/mol. The van der Waals surface area contributed by atoms with Crippen LogP contribution in [0.1, 0.15) is 32.0 Å². The summed E-state index contributed by atoms with van der Waals surface area (Å²) < 4.78 is 3.67. The third kappa shape index (κ3) is 4.27. The third-order valence-electron chi connectivity index (χ3n) is 5.52. The molecule has 0 radical (unpaired) electrons. The van der Waals surface area contributed by atoms with Crippen LogP contribution in [0.3, 0.4) is 0 Å². The molecule has 0 aliphatic rings. The van der Waals surface area contributed by atoms with Crippen LogP contribution in [0.25, 0.3) is 22.6 Å². The van der Waals surface area contributed by atoms with Crippen molar-refractivity contribution in [1.29, 1.82) is 0 Å². The van der Waals surface area contributed by atoms with Gasteiger partial charge in [0.15, 0.2) is 5.82 Å². The lowest BCUT2D eigenvalue weighted by Crippen LogP contribution is -2.21. The summed E-state index contributed by atoms with van der Waals surface area (Å²) in [6.07, 6.45) is 5.58. The lowest BCUT2D eigenvalue weighted by molar-refractivity contribution is 0.262. The summed E-state index contributed by atoms with van der Waals surface area (Å²) in [6.45, 7) is 8.30. The Labute approximate surface area is 196 Å². The molecule has 5 aromatic rings. The van der Waals surface area contributed by atoms with E-state index in [4.69, 9.17) is 5.10 Å². The van der Waals surface area contributed by atoms with Crippen molar-refractivity contribution < 1.29 is 4.79 Å². The molecule has 9 nitrogen and oxygen atoms in total. The maximum atomic E-state index is 12.8. The number of amides is 2. The lowest BCUT2D eigenvalue weighted by atomic mass is 9.92. The number of aromatic nitrogens is 6. The van der Waals surface area contributed by atoms with Gasteiger partial charge in [0.2, 0.25) is 0 Å². The van der Waals surface area contributed by atoms with Crippen molar-refractivity contribution in [3.63, 3.8) is 0 Å². The van der Waals surface area contributed by atoms with Gasteiger partial charge in [-0.1, -0.05) is 38.5 Å². The fraction of sp³-hybridized carbons (Fsp3) is 0.200. The molecule has 4 heterocycles. The summed E-state index contributed by atoms with van der Waals surface area (Å²) in [5.41, 5.74) is 5.30. The molecule has 3 N–H and O–H groups in total. The number of benzene rings is 1. The third-order valence-corrected chi connectivity index (χ3v) is 5.52. The standard InChI is InChI=1S/C25H26N8O/c1-16-5-8-18(9-6-16)33-23(14-20(31-33)25(2,3)4)28-24(34)27-21-13-19(29-30-21)17-7-10-22-26-11-12-32(22)15-17/h5-15H,1-4H3,(H3,27,28,29,30,34). The van der Waals surface area contributed by atoms with Crippen LogP contribution in [0, 0.1) is 6.92 Å². The van der Waals surface area contributed by atoms with E-state index in [9.17, 15) is 4.79 Å². The van der Waals surface area contributed by atoms with Crippen molar-refractivity contribution in [3.05, 3.63) is 78.4 Å². The number of fused-ring (bicyclic) bond motifs is 1. The molecule has 0 aliphatic carbocycles. The molecule has 4 aromatic heterocycles. The Morgan fingerprint density at radius 3 is 2.59 bits per heavy atom. The minimum atomic E-state index is -0.406. The summed E-state index contributed by atoms with van der Waals surface area (Å²) in [5.74, 6) is 0.989. The number of imidazole rings is 1. The first-order valence-electron chi connectivity index (χ1n) is 11.0. The van der Waals surface area contributed by atoms with Gasteiger partial charge >= 0.3 is 6.03 Å². The highest BCUT2D eigenvalue weighted by atomic mass is 16.2. The zero-order valence-corrected chi connectivity index (χ0v) is 19.5. The second-order valence-electron chi connectivity index (χ2n) is 9.27. The van der Waals surface area contributed by atoms with Crippen LogP contribution in [0.5, 0.6) is 0 Å². The highest BCUT2D eigenvalue weighted by molar-refractivity contribution is 5.99. The molecule has 172 valence electrons. The summed E-state index contributed by atoms with van der Waals surface area (Å²) >= 11 is 0. The van der Waals surface area contributed by atoms with Crippen LogP contribution in [0.4, 0.5) is 16.4 Å². The van der Waals surface area contributed by atoms with Gasteiger partial charge in [-0.05, 0) is 31.2 Å². The van der Waals surface area contributed by atoms with Crippen LogP contribution in [-0.2, 0) is 5.41 Å². The van der Waals surface area contributed by atoms with E-state index >= 15 is 0 Å². The summed E-state index contributed by atoms with van der Waals surface area (Å²) in [6, 6.07) is 15.2. The van der Waals surface area contributed by atoms with Crippen LogP contribution in [0.2, 0.25) is 0 Å². The fourth-order valence-electron chi connectivity index (χ4n) is 3.60. The van der Waals surface area contributed by atoms with Crippen LogP contribution in [-0.4, -0.2) is 35.4 Å². The van der Waals surface area contributed by atoms with Crippen molar-refractivity contribution >= 4 is 23.3 Å². The summed E-state index contributed by atoms with van der Waals surface area (Å²) in [7, 11) is 0. The molecule has 34 heavy (non-hydrogen) atoms. The molecule has 0 bridgehead atoms. The quantitative estimate of drug-likeness (QED) is 0.349. The molecule has 0 fully saturated rings. The highest BCUT2D eigenvalue weighted by Crippen LogP contribution is 2.27. The molecular weight excluding hydrogens is 428 g/mol. The molecule has 0 saturated carbocycles. The van der Waals surface area contributed by atoms with Gasteiger partial charge in [-0.3, -0.25) is 15.7 Å². The van der Waals surface area contributed by atoms with Gasteiger partial charge in [0.25, 0.3) is 0 Å². The van der Waals surface area contributed by atoms with Crippen LogP contribution in [0.15, 0.2) is 67.1 Å². The largest absolute Gasteiger partial charge is 0.326 e. The maximum absolute atomic E-state index is 12.8. The molecular formula is C25H26N8O. The minimum Gasteiger partial charge on any atom is -0.306 e. The second-order valence-corrected chi connectivity index (χ2v) is 9.27. The molecule has 2 amide bonds. The first-order valence-corrected chi connectivity index (χ1v) is 11.0. The van der Waals surface area contributed by atoms with Crippen LogP contribution >= 0.6 is 0 Å². The number of urea groups is 1. The molecule has 0 saturated heterocycles. The van der Waals surface area contributed by atoms with Gasteiger partial charge in [0, 0.05) is 41.7 Å². The number of carbonyl (C=O) groups is 1. The molecule has 0 atom stereocenters. The van der Waals surface area contributed by atoms with Crippen molar-refractivity contribution in [1.82, 2.24) is 29.4 Å². The number of anilines is 2. The topological polar surface area (TPSA) is 105 Å². The first kappa shape index (κ1) is 21.4. The Bertz CT molecular complexity index is 1470. The van der Waals surface area contributed by atoms with E-state index < -0.39 is 6.03 Å². The monoisotopic (exact) mass is 454 g/mol. The minimum absolute atomic E-state index is 0.170. The van der Waals surface area contributed by atoms with Crippen molar-refractivity contribution in [2.45, 2.75) is 33.1 Å². The number of pyridine rings is 1. The number of nitrogens with one attached hydrogen (secondary N) is 3. The Kier molecular flexibility index (Phi) is 5.16. The number of hydrogen-bond acceptors (Lipinski definition) is 4. The predicted octanol–water partition coefficient (Wildman–Crippen LogP) is 5.16. The Balaban J connectivity index is 1.36. The normalized spacial score (nSPS) is 11.6.